The van der Waals surface area contributed by atoms with Crippen LogP contribution in [0.3, 0.4) is 0 Å². The zero-order chi connectivity index (χ0) is 23.5. The van der Waals surface area contributed by atoms with Crippen LogP contribution in [-0.2, 0) is 0 Å². The number of carbonyl (C=O) groups excluding carboxylic acids is 1. The zero-order valence-electron chi connectivity index (χ0n) is 20.7. The molecule has 1 aliphatic rings. The Morgan fingerprint density at radius 2 is 1.58 bits per heavy atom. The topological polar surface area (TPSA) is 40.9 Å². The summed E-state index contributed by atoms with van der Waals surface area (Å²) in [5, 5.41) is 9.50. The van der Waals surface area contributed by atoms with Crippen LogP contribution in [0.5, 0.6) is 0 Å². The molecule has 2 aromatic rings. The predicted molar refractivity (Wildman–Crippen MR) is 139 cm³/mol. The molecule has 2 heteroatoms. The van der Waals surface area contributed by atoms with Gasteiger partial charge in [-0.3, -0.25) is 4.79 Å². The predicted octanol–water partition coefficient (Wildman–Crippen LogP) is 9.23. The Morgan fingerprint density at radius 1 is 0.879 bits per heavy atom. The Morgan fingerprint density at radius 3 is 2.24 bits per heavy atom. The number of carbonyl (C=O) groups is 1. The fourth-order valence-corrected chi connectivity index (χ4v) is 5.35. The van der Waals surface area contributed by atoms with E-state index < -0.39 is 0 Å². The highest BCUT2D eigenvalue weighted by molar-refractivity contribution is 5.96. The lowest BCUT2D eigenvalue weighted by molar-refractivity contribution is 0.0980. The first kappa shape index (κ1) is 25.2. The lowest BCUT2D eigenvalue weighted by Crippen LogP contribution is -2.14. The van der Waals surface area contributed by atoms with Crippen molar-refractivity contribution < 1.29 is 4.79 Å². The van der Waals surface area contributed by atoms with Crippen molar-refractivity contribution in [1.82, 2.24) is 0 Å². The van der Waals surface area contributed by atoms with E-state index in [0.29, 0.717) is 12.3 Å². The Labute approximate surface area is 201 Å². The average Bonchev–Trinajstić information content (AvgIpc) is 2.87. The molecule has 0 unspecified atom stereocenters. The van der Waals surface area contributed by atoms with E-state index >= 15 is 0 Å². The molecule has 0 heterocycles. The first-order valence-corrected chi connectivity index (χ1v) is 13.3. The summed E-state index contributed by atoms with van der Waals surface area (Å²) in [5.74, 6) is 1.63. The molecule has 0 saturated heterocycles. The number of hydrogen-bond donors (Lipinski definition) is 0. The van der Waals surface area contributed by atoms with E-state index in [2.05, 4.69) is 44.2 Å². The highest BCUT2D eigenvalue weighted by Gasteiger charge is 2.24. The average molecular weight is 444 g/mol. The van der Waals surface area contributed by atoms with Gasteiger partial charge in [0.1, 0.15) is 0 Å². The summed E-state index contributed by atoms with van der Waals surface area (Å²) in [7, 11) is 0. The standard InChI is InChI=1S/C31H41NO/c1-3-5-7-8-9-10-24-12-15-27(16-13-24)30-22-25(23-32)14-21-29(30)26-17-19-28(20-18-26)31(33)11-6-4-2/h14,17-22,24,27H,3-13,15-16H2,1-2H3. The van der Waals surface area contributed by atoms with Crippen molar-refractivity contribution in [2.45, 2.75) is 103 Å². The second kappa shape index (κ2) is 13.3. The van der Waals surface area contributed by atoms with Crippen molar-refractivity contribution in [3.63, 3.8) is 0 Å². The van der Waals surface area contributed by atoms with Gasteiger partial charge in [0.25, 0.3) is 0 Å². The van der Waals surface area contributed by atoms with Gasteiger partial charge in [-0.05, 0) is 72.8 Å². The van der Waals surface area contributed by atoms with Gasteiger partial charge in [0, 0.05) is 12.0 Å². The molecule has 0 amide bonds. The second-order valence-corrected chi connectivity index (χ2v) is 9.94. The first-order chi connectivity index (χ1) is 16.2. The number of Topliss-reactive ketones (excluding diaryl/α,β-unsaturated/α-hetero) is 1. The number of hydrogen-bond acceptors (Lipinski definition) is 2. The Kier molecular flexibility index (Phi) is 10.2. The highest BCUT2D eigenvalue weighted by atomic mass is 16.1. The summed E-state index contributed by atoms with van der Waals surface area (Å²) >= 11 is 0. The third-order valence-electron chi connectivity index (χ3n) is 7.46. The van der Waals surface area contributed by atoms with Crippen LogP contribution >= 0.6 is 0 Å². The van der Waals surface area contributed by atoms with Crippen molar-refractivity contribution in [1.29, 1.82) is 5.26 Å². The van der Waals surface area contributed by atoms with E-state index in [4.69, 9.17) is 0 Å². The van der Waals surface area contributed by atoms with Gasteiger partial charge in [-0.25, -0.2) is 0 Å². The quantitative estimate of drug-likeness (QED) is 0.242. The third-order valence-corrected chi connectivity index (χ3v) is 7.46. The number of nitriles is 1. The van der Waals surface area contributed by atoms with E-state index in [1.165, 1.54) is 75.3 Å². The SMILES string of the molecule is CCCCCCCC1CCC(c2cc(C#N)ccc2-c2ccc(C(=O)CCCC)cc2)CC1. The minimum Gasteiger partial charge on any atom is -0.294 e. The molecule has 0 radical (unpaired) electrons. The highest BCUT2D eigenvalue weighted by Crippen LogP contribution is 2.41. The molecule has 176 valence electrons. The van der Waals surface area contributed by atoms with Crippen molar-refractivity contribution in [2.24, 2.45) is 5.92 Å². The number of nitrogens with zero attached hydrogens (tertiary/aromatic N) is 1. The van der Waals surface area contributed by atoms with Gasteiger partial charge in [-0.1, -0.05) is 89.1 Å². The van der Waals surface area contributed by atoms with Crippen LogP contribution in [-0.4, -0.2) is 5.78 Å². The third kappa shape index (κ3) is 7.29. The summed E-state index contributed by atoms with van der Waals surface area (Å²) in [6.07, 6.45) is 15.9. The lowest BCUT2D eigenvalue weighted by Gasteiger charge is -2.30. The van der Waals surface area contributed by atoms with Gasteiger partial charge in [-0.2, -0.15) is 5.26 Å². The van der Waals surface area contributed by atoms with Gasteiger partial charge in [0.2, 0.25) is 0 Å². The van der Waals surface area contributed by atoms with Crippen molar-refractivity contribution >= 4 is 5.78 Å². The van der Waals surface area contributed by atoms with Gasteiger partial charge in [0.05, 0.1) is 11.6 Å². The molecular weight excluding hydrogens is 402 g/mol. The van der Waals surface area contributed by atoms with Crippen LogP contribution in [0.25, 0.3) is 11.1 Å². The summed E-state index contributed by atoms with van der Waals surface area (Å²) in [4.78, 5) is 12.4. The fraction of sp³-hybridized carbons (Fsp3) is 0.548. The van der Waals surface area contributed by atoms with Gasteiger partial charge in [-0.15, -0.1) is 0 Å². The smallest absolute Gasteiger partial charge is 0.162 e. The van der Waals surface area contributed by atoms with E-state index in [1.54, 1.807) is 0 Å². The van der Waals surface area contributed by atoms with E-state index in [1.807, 2.05) is 18.2 Å². The second-order valence-electron chi connectivity index (χ2n) is 9.94. The molecule has 0 atom stereocenters. The molecule has 1 aliphatic carbocycles. The van der Waals surface area contributed by atoms with Crippen LogP contribution in [0.2, 0.25) is 0 Å². The maximum Gasteiger partial charge on any atom is 0.162 e. The van der Waals surface area contributed by atoms with Crippen LogP contribution in [0, 0.1) is 17.2 Å². The molecule has 1 saturated carbocycles. The summed E-state index contributed by atoms with van der Waals surface area (Å²) in [5.41, 5.74) is 5.25. The fourth-order valence-electron chi connectivity index (χ4n) is 5.35. The molecule has 33 heavy (non-hydrogen) atoms. The number of rotatable bonds is 12. The molecule has 1 fully saturated rings. The minimum absolute atomic E-state index is 0.233. The molecule has 0 aromatic heterocycles. The van der Waals surface area contributed by atoms with Gasteiger partial charge in [0.15, 0.2) is 5.78 Å². The molecule has 2 nitrogen and oxygen atoms in total. The molecule has 0 spiro atoms. The molecule has 2 aromatic carbocycles. The number of unbranched alkanes of at least 4 members (excludes halogenated alkanes) is 5. The molecule has 3 rings (SSSR count). The van der Waals surface area contributed by atoms with Crippen molar-refractivity contribution in [3.8, 4) is 17.2 Å². The maximum absolute atomic E-state index is 12.4. The summed E-state index contributed by atoms with van der Waals surface area (Å²) < 4.78 is 0. The number of benzene rings is 2. The van der Waals surface area contributed by atoms with Crippen molar-refractivity contribution in [2.75, 3.05) is 0 Å². The normalized spacial score (nSPS) is 18.1. The maximum atomic E-state index is 12.4. The molecule has 0 aliphatic heterocycles. The Hall–Kier alpha value is -2.40. The minimum atomic E-state index is 0.233. The van der Waals surface area contributed by atoms with Crippen molar-refractivity contribution in [3.05, 3.63) is 59.2 Å². The molecular formula is C31H41NO. The van der Waals surface area contributed by atoms with Crippen LogP contribution < -0.4 is 0 Å². The molecule has 0 bridgehead atoms. The van der Waals surface area contributed by atoms with Crippen LogP contribution in [0.4, 0.5) is 0 Å². The first-order valence-electron chi connectivity index (χ1n) is 13.3. The van der Waals surface area contributed by atoms with E-state index in [0.717, 1.165) is 35.4 Å². The Bertz CT molecular complexity index is 913. The van der Waals surface area contributed by atoms with E-state index in [-0.39, 0.29) is 5.78 Å². The van der Waals surface area contributed by atoms with Crippen LogP contribution in [0.15, 0.2) is 42.5 Å². The molecule has 0 N–H and O–H groups in total. The zero-order valence-corrected chi connectivity index (χ0v) is 20.7. The van der Waals surface area contributed by atoms with Crippen LogP contribution in [0.1, 0.15) is 125 Å². The monoisotopic (exact) mass is 443 g/mol. The van der Waals surface area contributed by atoms with Gasteiger partial charge >= 0.3 is 0 Å². The summed E-state index contributed by atoms with van der Waals surface area (Å²) in [6, 6.07) is 16.6. The largest absolute Gasteiger partial charge is 0.294 e. The lowest BCUT2D eigenvalue weighted by atomic mass is 9.75. The summed E-state index contributed by atoms with van der Waals surface area (Å²) in [6.45, 7) is 4.39. The Balaban J connectivity index is 1.68. The van der Waals surface area contributed by atoms with E-state index in [9.17, 15) is 10.1 Å². The number of ketones is 1. The van der Waals surface area contributed by atoms with Gasteiger partial charge < -0.3 is 0 Å².